The van der Waals surface area contributed by atoms with Gasteiger partial charge in [-0.15, -0.1) is 0 Å². The molecule has 1 aliphatic rings. The molecule has 1 aromatic heterocycles. The van der Waals surface area contributed by atoms with Crippen molar-refractivity contribution in [2.75, 3.05) is 37.3 Å². The third-order valence-electron chi connectivity index (χ3n) is 3.67. The molecule has 2 heterocycles. The van der Waals surface area contributed by atoms with Gasteiger partial charge >= 0.3 is 0 Å². The van der Waals surface area contributed by atoms with Crippen LogP contribution in [0.1, 0.15) is 25.3 Å². The van der Waals surface area contributed by atoms with Crippen molar-refractivity contribution in [3.8, 4) is 6.07 Å². The Morgan fingerprint density at radius 2 is 2.32 bits per heavy atom. The van der Waals surface area contributed by atoms with E-state index in [4.69, 9.17) is 11.0 Å². The second-order valence-electron chi connectivity index (χ2n) is 5.12. The average Bonchev–Trinajstić information content (AvgIpc) is 2.60. The third kappa shape index (κ3) is 2.96. The van der Waals surface area contributed by atoms with Crippen LogP contribution in [0.25, 0.3) is 0 Å². The summed E-state index contributed by atoms with van der Waals surface area (Å²) in [6, 6.07) is 4.21. The molecule has 2 N–H and O–H groups in total. The summed E-state index contributed by atoms with van der Waals surface area (Å²) < 4.78 is 0. The van der Waals surface area contributed by atoms with E-state index < -0.39 is 0 Å². The van der Waals surface area contributed by atoms with Crippen molar-refractivity contribution in [3.63, 3.8) is 0 Å². The first-order chi connectivity index (χ1) is 9.15. The van der Waals surface area contributed by atoms with Crippen LogP contribution in [0.4, 0.5) is 11.5 Å². The minimum Gasteiger partial charge on any atom is -0.396 e. The summed E-state index contributed by atoms with van der Waals surface area (Å²) in [5, 5.41) is 8.88. The van der Waals surface area contributed by atoms with Gasteiger partial charge in [0.2, 0.25) is 0 Å². The molecule has 1 saturated heterocycles. The number of rotatable bonds is 2. The average molecular weight is 259 g/mol. The van der Waals surface area contributed by atoms with Crippen LogP contribution >= 0.6 is 0 Å². The minimum atomic E-state index is 0.426. The van der Waals surface area contributed by atoms with Gasteiger partial charge < -0.3 is 15.5 Å². The van der Waals surface area contributed by atoms with Crippen molar-refractivity contribution < 1.29 is 0 Å². The second-order valence-corrected chi connectivity index (χ2v) is 5.12. The van der Waals surface area contributed by atoms with E-state index >= 15 is 0 Å². The maximum absolute atomic E-state index is 8.88. The minimum absolute atomic E-state index is 0.426. The maximum Gasteiger partial charge on any atom is 0.152 e. The number of nitrogen functional groups attached to an aromatic ring is 1. The van der Waals surface area contributed by atoms with Crippen LogP contribution in [0.2, 0.25) is 0 Å². The van der Waals surface area contributed by atoms with E-state index in [1.807, 2.05) is 0 Å². The molecule has 5 heteroatoms. The van der Waals surface area contributed by atoms with Gasteiger partial charge in [-0.25, -0.2) is 4.98 Å². The molecule has 2 rings (SSSR count). The zero-order valence-corrected chi connectivity index (χ0v) is 11.6. The molecule has 0 aromatic carbocycles. The molecule has 1 aromatic rings. The molecule has 1 atom stereocenters. The highest BCUT2D eigenvalue weighted by molar-refractivity contribution is 5.65. The summed E-state index contributed by atoms with van der Waals surface area (Å²) in [7, 11) is 2.15. The highest BCUT2D eigenvalue weighted by atomic mass is 15.3. The molecule has 0 aliphatic carbocycles. The van der Waals surface area contributed by atoms with Gasteiger partial charge in [0.25, 0.3) is 0 Å². The number of anilines is 2. The molecular formula is C14H21N5. The lowest BCUT2D eigenvalue weighted by Gasteiger charge is -2.32. The Labute approximate surface area is 114 Å². The fraction of sp³-hybridized carbons (Fsp3) is 0.571. The summed E-state index contributed by atoms with van der Waals surface area (Å²) in [4.78, 5) is 9.04. The van der Waals surface area contributed by atoms with E-state index in [9.17, 15) is 0 Å². The van der Waals surface area contributed by atoms with Crippen LogP contribution in [0.3, 0.4) is 0 Å². The molecule has 0 radical (unpaired) electrons. The van der Waals surface area contributed by atoms with Gasteiger partial charge in [-0.05, 0) is 32.5 Å². The molecule has 0 amide bonds. The van der Waals surface area contributed by atoms with E-state index in [0.29, 0.717) is 17.3 Å². The van der Waals surface area contributed by atoms with Crippen molar-refractivity contribution >= 4 is 11.5 Å². The van der Waals surface area contributed by atoms with Gasteiger partial charge in [0.15, 0.2) is 5.82 Å². The van der Waals surface area contributed by atoms with Gasteiger partial charge in [-0.3, -0.25) is 0 Å². The normalized spacial score (nSPS) is 20.9. The van der Waals surface area contributed by atoms with Gasteiger partial charge in [0.05, 0.1) is 11.3 Å². The van der Waals surface area contributed by atoms with Crippen LogP contribution in [-0.4, -0.2) is 42.6 Å². The van der Waals surface area contributed by atoms with Crippen LogP contribution in [0.5, 0.6) is 0 Å². The van der Waals surface area contributed by atoms with E-state index in [-0.39, 0.29) is 0 Å². The van der Waals surface area contributed by atoms with Gasteiger partial charge in [-0.2, -0.15) is 5.26 Å². The number of nitrogens with zero attached hydrogens (tertiary/aromatic N) is 4. The Hall–Kier alpha value is -1.80. The summed E-state index contributed by atoms with van der Waals surface area (Å²) in [6.07, 6.45) is 3.77. The Bertz CT molecular complexity index is 479. The number of hydrogen-bond donors (Lipinski definition) is 1. The van der Waals surface area contributed by atoms with E-state index in [1.165, 1.54) is 0 Å². The number of hydrogen-bond acceptors (Lipinski definition) is 5. The fourth-order valence-electron chi connectivity index (χ4n) is 2.65. The van der Waals surface area contributed by atoms with Gasteiger partial charge in [0, 0.05) is 25.3 Å². The maximum atomic E-state index is 8.88. The predicted octanol–water partition coefficient (Wildman–Crippen LogP) is 1.46. The first kappa shape index (κ1) is 13.6. The number of likely N-dealkylation sites (N-methyl/N-ethyl adjacent to an activating group) is 1. The first-order valence-electron chi connectivity index (χ1n) is 6.76. The summed E-state index contributed by atoms with van der Waals surface area (Å²) in [6.45, 7) is 5.28. The smallest absolute Gasteiger partial charge is 0.152 e. The molecule has 0 spiro atoms. The van der Waals surface area contributed by atoms with Crippen molar-refractivity contribution in [1.82, 2.24) is 9.88 Å². The largest absolute Gasteiger partial charge is 0.396 e. The summed E-state index contributed by atoms with van der Waals surface area (Å²) >= 11 is 0. The topological polar surface area (TPSA) is 69.2 Å². The molecule has 102 valence electrons. The number of nitriles is 1. The van der Waals surface area contributed by atoms with E-state index in [2.05, 4.69) is 34.8 Å². The predicted molar refractivity (Wildman–Crippen MR) is 76.9 cm³/mol. The SMILES string of the molecule is CCC1CN(C)CCCN1c1ncc(C#N)cc1N. The van der Waals surface area contributed by atoms with Crippen molar-refractivity contribution in [3.05, 3.63) is 17.8 Å². The quantitative estimate of drug-likeness (QED) is 0.870. The number of nitrogens with two attached hydrogens (primary N) is 1. The molecule has 1 aliphatic heterocycles. The molecular weight excluding hydrogens is 238 g/mol. The highest BCUT2D eigenvalue weighted by Crippen LogP contribution is 2.26. The van der Waals surface area contributed by atoms with Gasteiger partial charge in [-0.1, -0.05) is 6.92 Å². The highest BCUT2D eigenvalue weighted by Gasteiger charge is 2.24. The van der Waals surface area contributed by atoms with Crippen molar-refractivity contribution in [2.24, 2.45) is 0 Å². The van der Waals surface area contributed by atoms with Crippen LogP contribution in [0.15, 0.2) is 12.3 Å². The molecule has 19 heavy (non-hydrogen) atoms. The molecule has 0 saturated carbocycles. The lowest BCUT2D eigenvalue weighted by Crippen LogP contribution is -2.40. The Balaban J connectivity index is 2.30. The van der Waals surface area contributed by atoms with Crippen molar-refractivity contribution in [1.29, 1.82) is 5.26 Å². The molecule has 5 nitrogen and oxygen atoms in total. The van der Waals surface area contributed by atoms with Crippen LogP contribution < -0.4 is 10.6 Å². The molecule has 0 bridgehead atoms. The second kappa shape index (κ2) is 5.89. The van der Waals surface area contributed by atoms with Crippen LogP contribution in [-0.2, 0) is 0 Å². The van der Waals surface area contributed by atoms with Crippen LogP contribution in [0, 0.1) is 11.3 Å². The zero-order chi connectivity index (χ0) is 13.8. The Morgan fingerprint density at radius 1 is 1.53 bits per heavy atom. The first-order valence-corrected chi connectivity index (χ1v) is 6.76. The molecule has 1 unspecified atom stereocenters. The Morgan fingerprint density at radius 3 is 2.95 bits per heavy atom. The van der Waals surface area contributed by atoms with E-state index in [1.54, 1.807) is 12.3 Å². The summed E-state index contributed by atoms with van der Waals surface area (Å²) in [5.74, 6) is 0.821. The number of pyridine rings is 1. The monoisotopic (exact) mass is 259 g/mol. The molecule has 1 fully saturated rings. The lowest BCUT2D eigenvalue weighted by atomic mass is 10.1. The standard InChI is InChI=1S/C14H21N5/c1-3-12-10-18(2)5-4-6-19(12)14-13(16)7-11(8-15)9-17-14/h7,9,12H,3-6,10,16H2,1-2H3. The summed E-state index contributed by atoms with van der Waals surface area (Å²) in [5.41, 5.74) is 7.18. The zero-order valence-electron chi connectivity index (χ0n) is 11.6. The van der Waals surface area contributed by atoms with E-state index in [0.717, 1.165) is 38.3 Å². The third-order valence-corrected chi connectivity index (χ3v) is 3.67. The van der Waals surface area contributed by atoms with Crippen molar-refractivity contribution in [2.45, 2.75) is 25.8 Å². The number of aromatic nitrogens is 1. The Kier molecular flexibility index (Phi) is 4.23. The fourth-order valence-corrected chi connectivity index (χ4v) is 2.65. The lowest BCUT2D eigenvalue weighted by molar-refractivity contribution is 0.328. The van der Waals surface area contributed by atoms with Gasteiger partial charge in [0.1, 0.15) is 6.07 Å².